The van der Waals surface area contributed by atoms with E-state index in [2.05, 4.69) is 5.32 Å². The SMILES string of the molecule is O=C(COc1ccccc1-c1ccccc1)Nc1ccccc1F. The summed E-state index contributed by atoms with van der Waals surface area (Å²) in [5, 5.41) is 2.50. The minimum Gasteiger partial charge on any atom is -0.483 e. The molecule has 0 fully saturated rings. The molecule has 0 saturated carbocycles. The van der Waals surface area contributed by atoms with Crippen molar-refractivity contribution in [2.45, 2.75) is 0 Å². The Morgan fingerprint density at radius 2 is 1.54 bits per heavy atom. The molecule has 3 aromatic carbocycles. The smallest absolute Gasteiger partial charge is 0.262 e. The molecule has 0 spiro atoms. The molecule has 0 unspecified atom stereocenters. The molecule has 0 radical (unpaired) electrons. The number of anilines is 1. The fourth-order valence-electron chi connectivity index (χ4n) is 2.34. The third kappa shape index (κ3) is 3.79. The van der Waals surface area contributed by atoms with Crippen molar-refractivity contribution in [1.29, 1.82) is 0 Å². The van der Waals surface area contributed by atoms with Gasteiger partial charge in [-0.15, -0.1) is 0 Å². The van der Waals surface area contributed by atoms with E-state index in [0.717, 1.165) is 11.1 Å². The van der Waals surface area contributed by atoms with E-state index in [4.69, 9.17) is 4.74 Å². The third-order valence-corrected chi connectivity index (χ3v) is 3.48. The van der Waals surface area contributed by atoms with Crippen molar-refractivity contribution in [1.82, 2.24) is 0 Å². The quantitative estimate of drug-likeness (QED) is 0.751. The number of hydrogen-bond donors (Lipinski definition) is 1. The van der Waals surface area contributed by atoms with Gasteiger partial charge in [-0.2, -0.15) is 0 Å². The minimum absolute atomic E-state index is 0.141. The number of nitrogens with one attached hydrogen (secondary N) is 1. The lowest BCUT2D eigenvalue weighted by molar-refractivity contribution is -0.118. The zero-order chi connectivity index (χ0) is 16.8. The first kappa shape index (κ1) is 15.7. The molecule has 24 heavy (non-hydrogen) atoms. The van der Waals surface area contributed by atoms with Gasteiger partial charge in [-0.3, -0.25) is 4.79 Å². The molecule has 4 heteroatoms. The Morgan fingerprint density at radius 3 is 2.33 bits per heavy atom. The van der Waals surface area contributed by atoms with Gasteiger partial charge in [0.25, 0.3) is 5.91 Å². The van der Waals surface area contributed by atoms with Gasteiger partial charge in [0, 0.05) is 5.56 Å². The van der Waals surface area contributed by atoms with Crippen molar-refractivity contribution in [3.05, 3.63) is 84.7 Å². The summed E-state index contributed by atoms with van der Waals surface area (Å²) in [7, 11) is 0. The van der Waals surface area contributed by atoms with Crippen LogP contribution in [0.3, 0.4) is 0 Å². The number of halogens is 1. The van der Waals surface area contributed by atoms with Gasteiger partial charge >= 0.3 is 0 Å². The maximum atomic E-state index is 13.5. The van der Waals surface area contributed by atoms with E-state index in [1.54, 1.807) is 18.2 Å². The molecule has 0 saturated heterocycles. The predicted octanol–water partition coefficient (Wildman–Crippen LogP) is 4.51. The molecule has 1 N–H and O–H groups in total. The number of amides is 1. The highest BCUT2D eigenvalue weighted by Crippen LogP contribution is 2.29. The van der Waals surface area contributed by atoms with Crippen LogP contribution in [-0.2, 0) is 4.79 Å². The topological polar surface area (TPSA) is 38.3 Å². The van der Waals surface area contributed by atoms with Crippen LogP contribution in [-0.4, -0.2) is 12.5 Å². The van der Waals surface area contributed by atoms with E-state index in [0.29, 0.717) is 5.75 Å². The van der Waals surface area contributed by atoms with Gasteiger partial charge in [0.05, 0.1) is 5.69 Å². The standard InChI is InChI=1S/C20H16FNO2/c21-17-11-5-6-12-18(17)22-20(23)14-24-19-13-7-4-10-16(19)15-8-2-1-3-9-15/h1-13H,14H2,(H,22,23). The third-order valence-electron chi connectivity index (χ3n) is 3.48. The Balaban J connectivity index is 1.69. The zero-order valence-corrected chi connectivity index (χ0v) is 12.9. The van der Waals surface area contributed by atoms with Crippen LogP contribution in [0.15, 0.2) is 78.9 Å². The lowest BCUT2D eigenvalue weighted by Crippen LogP contribution is -2.20. The van der Waals surface area contributed by atoms with Gasteiger partial charge in [-0.1, -0.05) is 60.7 Å². The lowest BCUT2D eigenvalue weighted by atomic mass is 10.1. The largest absolute Gasteiger partial charge is 0.483 e. The molecule has 120 valence electrons. The first-order chi connectivity index (χ1) is 11.7. The summed E-state index contributed by atoms with van der Waals surface area (Å²) in [4.78, 5) is 12.0. The number of carbonyl (C=O) groups is 1. The van der Waals surface area contributed by atoms with E-state index in [-0.39, 0.29) is 12.3 Å². The Bertz CT molecular complexity index is 834. The molecule has 3 aromatic rings. The number of para-hydroxylation sites is 2. The summed E-state index contributed by atoms with van der Waals surface area (Å²) >= 11 is 0. The molecule has 1 amide bonds. The second-order valence-corrected chi connectivity index (χ2v) is 5.18. The first-order valence-corrected chi connectivity index (χ1v) is 7.55. The maximum Gasteiger partial charge on any atom is 0.262 e. The predicted molar refractivity (Wildman–Crippen MR) is 92.4 cm³/mol. The molecule has 0 aromatic heterocycles. The highest BCUT2D eigenvalue weighted by atomic mass is 19.1. The van der Waals surface area contributed by atoms with E-state index in [9.17, 15) is 9.18 Å². The van der Waals surface area contributed by atoms with Gasteiger partial charge in [0.1, 0.15) is 11.6 Å². The Hall–Kier alpha value is -3.14. The van der Waals surface area contributed by atoms with Crippen LogP contribution in [0.5, 0.6) is 5.75 Å². The van der Waals surface area contributed by atoms with Crippen molar-refractivity contribution < 1.29 is 13.9 Å². The number of benzene rings is 3. The van der Waals surface area contributed by atoms with Crippen LogP contribution >= 0.6 is 0 Å². The molecular weight excluding hydrogens is 305 g/mol. The van der Waals surface area contributed by atoms with Crippen molar-refractivity contribution >= 4 is 11.6 Å². The van der Waals surface area contributed by atoms with Crippen LogP contribution in [0.2, 0.25) is 0 Å². The molecule has 0 atom stereocenters. The molecule has 0 bridgehead atoms. The maximum absolute atomic E-state index is 13.5. The van der Waals surface area contributed by atoms with E-state index in [1.807, 2.05) is 48.5 Å². The molecular formula is C20H16FNO2. The van der Waals surface area contributed by atoms with Gasteiger partial charge in [-0.05, 0) is 23.8 Å². The molecule has 0 aliphatic rings. The second kappa shape index (κ2) is 7.42. The van der Waals surface area contributed by atoms with E-state index < -0.39 is 11.7 Å². The first-order valence-electron chi connectivity index (χ1n) is 7.55. The number of ether oxygens (including phenoxy) is 1. The molecule has 0 aliphatic carbocycles. The summed E-state index contributed by atoms with van der Waals surface area (Å²) in [6, 6.07) is 23.3. The van der Waals surface area contributed by atoms with Crippen LogP contribution < -0.4 is 10.1 Å². The Labute approximate surface area is 139 Å². The summed E-state index contributed by atoms with van der Waals surface area (Å²) in [6.07, 6.45) is 0. The Morgan fingerprint density at radius 1 is 0.875 bits per heavy atom. The monoisotopic (exact) mass is 321 g/mol. The normalized spacial score (nSPS) is 10.2. The number of carbonyl (C=O) groups excluding carboxylic acids is 1. The summed E-state index contributed by atoms with van der Waals surface area (Å²) in [5.74, 6) is -0.286. The van der Waals surface area contributed by atoms with E-state index >= 15 is 0 Å². The van der Waals surface area contributed by atoms with Crippen LogP contribution in [0.4, 0.5) is 10.1 Å². The highest BCUT2D eigenvalue weighted by molar-refractivity contribution is 5.92. The van der Waals surface area contributed by atoms with E-state index in [1.165, 1.54) is 12.1 Å². The van der Waals surface area contributed by atoms with Crippen molar-refractivity contribution in [2.75, 3.05) is 11.9 Å². The van der Waals surface area contributed by atoms with Crippen molar-refractivity contribution in [3.63, 3.8) is 0 Å². The van der Waals surface area contributed by atoms with Gasteiger partial charge < -0.3 is 10.1 Å². The van der Waals surface area contributed by atoms with Gasteiger partial charge in [0.2, 0.25) is 0 Å². The lowest BCUT2D eigenvalue weighted by Gasteiger charge is -2.12. The van der Waals surface area contributed by atoms with Crippen LogP contribution in [0, 0.1) is 5.82 Å². The second-order valence-electron chi connectivity index (χ2n) is 5.18. The fourth-order valence-corrected chi connectivity index (χ4v) is 2.34. The van der Waals surface area contributed by atoms with Crippen molar-refractivity contribution in [2.24, 2.45) is 0 Å². The Kier molecular flexibility index (Phi) is 4.87. The van der Waals surface area contributed by atoms with Crippen LogP contribution in [0.1, 0.15) is 0 Å². The van der Waals surface area contributed by atoms with Crippen LogP contribution in [0.25, 0.3) is 11.1 Å². The molecule has 3 rings (SSSR count). The van der Waals surface area contributed by atoms with Gasteiger partial charge in [-0.25, -0.2) is 4.39 Å². The summed E-state index contributed by atoms with van der Waals surface area (Å²) < 4.78 is 19.2. The average Bonchev–Trinajstić information content (AvgIpc) is 2.63. The summed E-state index contributed by atoms with van der Waals surface area (Å²) in [5.41, 5.74) is 2.04. The van der Waals surface area contributed by atoms with Gasteiger partial charge in [0.15, 0.2) is 6.61 Å². The molecule has 3 nitrogen and oxygen atoms in total. The summed E-state index contributed by atoms with van der Waals surface area (Å²) in [6.45, 7) is -0.196. The minimum atomic E-state index is -0.476. The molecule has 0 aliphatic heterocycles. The number of rotatable bonds is 5. The zero-order valence-electron chi connectivity index (χ0n) is 12.9. The average molecular weight is 321 g/mol. The molecule has 0 heterocycles. The number of hydrogen-bond acceptors (Lipinski definition) is 2. The van der Waals surface area contributed by atoms with Crippen molar-refractivity contribution in [3.8, 4) is 16.9 Å². The highest BCUT2D eigenvalue weighted by Gasteiger charge is 2.10. The fraction of sp³-hybridized carbons (Fsp3) is 0.0500.